The van der Waals surface area contributed by atoms with Gasteiger partial charge in [-0.15, -0.1) is 0 Å². The standard InChI is InChI=1S/C18H23N5O4/c1-11-5-7-13(8-6-11)27-10-12(24)9-23-14-15(19-17(23)21(2)3)22(4)18(26)20-16(14)25/h5-8,12,24H,9-10H2,1-4H3,(H,20,25,26)/t12-/m0/s1. The van der Waals surface area contributed by atoms with Gasteiger partial charge in [-0.1, -0.05) is 17.7 Å². The average Bonchev–Trinajstić information content (AvgIpc) is 2.99. The van der Waals surface area contributed by atoms with Gasteiger partial charge in [-0.05, 0) is 19.1 Å². The van der Waals surface area contributed by atoms with Crippen molar-refractivity contribution in [1.82, 2.24) is 19.1 Å². The highest BCUT2D eigenvalue weighted by molar-refractivity contribution is 5.74. The minimum atomic E-state index is -0.876. The summed E-state index contributed by atoms with van der Waals surface area (Å²) in [5.74, 6) is 1.12. The molecule has 3 aromatic rings. The van der Waals surface area contributed by atoms with Gasteiger partial charge in [0.2, 0.25) is 5.95 Å². The first-order chi connectivity index (χ1) is 12.8. The number of hydrogen-bond donors (Lipinski definition) is 2. The number of H-pyrrole nitrogens is 1. The molecular formula is C18H23N5O4. The fourth-order valence-corrected chi connectivity index (χ4v) is 2.83. The number of nitrogens with zero attached hydrogens (tertiary/aromatic N) is 4. The van der Waals surface area contributed by atoms with Crippen LogP contribution in [0.3, 0.4) is 0 Å². The van der Waals surface area contributed by atoms with E-state index in [2.05, 4.69) is 9.97 Å². The van der Waals surface area contributed by atoms with Crippen molar-refractivity contribution in [3.63, 3.8) is 0 Å². The molecule has 0 amide bonds. The lowest BCUT2D eigenvalue weighted by atomic mass is 10.2. The maximum absolute atomic E-state index is 12.3. The van der Waals surface area contributed by atoms with Gasteiger partial charge < -0.3 is 19.3 Å². The molecule has 1 aromatic carbocycles. The summed E-state index contributed by atoms with van der Waals surface area (Å²) in [5, 5.41) is 10.4. The smallest absolute Gasteiger partial charge is 0.329 e. The Bertz CT molecular complexity index is 1060. The lowest BCUT2D eigenvalue weighted by molar-refractivity contribution is 0.0937. The predicted molar refractivity (Wildman–Crippen MR) is 103 cm³/mol. The molecule has 27 heavy (non-hydrogen) atoms. The van der Waals surface area contributed by atoms with Crippen molar-refractivity contribution in [2.24, 2.45) is 7.05 Å². The second kappa shape index (κ2) is 7.28. The van der Waals surface area contributed by atoms with Crippen molar-refractivity contribution in [3.05, 3.63) is 50.7 Å². The number of aromatic nitrogens is 4. The third-order valence-corrected chi connectivity index (χ3v) is 4.24. The second-order valence-corrected chi connectivity index (χ2v) is 6.69. The van der Waals surface area contributed by atoms with E-state index in [4.69, 9.17) is 4.74 Å². The van der Waals surface area contributed by atoms with Gasteiger partial charge in [0.1, 0.15) is 18.5 Å². The van der Waals surface area contributed by atoms with E-state index in [-0.39, 0.29) is 24.3 Å². The van der Waals surface area contributed by atoms with E-state index in [1.165, 1.54) is 11.6 Å². The second-order valence-electron chi connectivity index (χ2n) is 6.69. The van der Waals surface area contributed by atoms with Gasteiger partial charge in [-0.25, -0.2) is 4.79 Å². The molecular weight excluding hydrogens is 350 g/mol. The van der Waals surface area contributed by atoms with Gasteiger partial charge in [-0.3, -0.25) is 14.3 Å². The first-order valence-corrected chi connectivity index (χ1v) is 8.52. The fraction of sp³-hybridized carbons (Fsp3) is 0.389. The molecule has 2 aromatic heterocycles. The van der Waals surface area contributed by atoms with Crippen LogP contribution < -0.4 is 20.9 Å². The molecule has 3 rings (SSSR count). The van der Waals surface area contributed by atoms with Gasteiger partial charge >= 0.3 is 5.69 Å². The number of anilines is 1. The van der Waals surface area contributed by atoms with Gasteiger partial charge in [-0.2, -0.15) is 4.98 Å². The van der Waals surface area contributed by atoms with Crippen molar-refractivity contribution in [2.75, 3.05) is 25.6 Å². The molecule has 2 heterocycles. The van der Waals surface area contributed by atoms with Gasteiger partial charge in [0.15, 0.2) is 11.2 Å². The maximum Gasteiger partial charge on any atom is 0.329 e. The van der Waals surface area contributed by atoms with E-state index in [1.807, 2.05) is 31.2 Å². The SMILES string of the molecule is Cc1ccc(OC[C@@H](O)Cn2c(N(C)C)nc3c2c(=O)[nH]c(=O)n3C)cc1. The quantitative estimate of drug-likeness (QED) is 0.641. The number of nitrogens with one attached hydrogen (secondary N) is 1. The van der Waals surface area contributed by atoms with Crippen LogP contribution in [0, 0.1) is 6.92 Å². The number of rotatable bonds is 6. The number of imidazole rings is 1. The monoisotopic (exact) mass is 373 g/mol. The van der Waals surface area contributed by atoms with Gasteiger partial charge in [0.25, 0.3) is 5.56 Å². The number of benzene rings is 1. The molecule has 0 radical (unpaired) electrons. The van der Waals surface area contributed by atoms with Crippen LogP contribution in [0.4, 0.5) is 5.95 Å². The zero-order chi connectivity index (χ0) is 19.7. The number of fused-ring (bicyclic) bond motifs is 1. The van der Waals surface area contributed by atoms with Crippen LogP contribution in [0.1, 0.15) is 5.56 Å². The summed E-state index contributed by atoms with van der Waals surface area (Å²) in [6.45, 7) is 2.13. The Balaban J connectivity index is 1.90. The molecule has 0 aliphatic rings. The molecule has 1 atom stereocenters. The Morgan fingerprint density at radius 3 is 2.56 bits per heavy atom. The molecule has 0 saturated carbocycles. The summed E-state index contributed by atoms with van der Waals surface area (Å²) >= 11 is 0. The first-order valence-electron chi connectivity index (χ1n) is 8.52. The van der Waals surface area contributed by atoms with E-state index in [9.17, 15) is 14.7 Å². The average molecular weight is 373 g/mol. The number of aromatic amines is 1. The van der Waals surface area contributed by atoms with E-state index in [0.717, 1.165) is 5.56 Å². The molecule has 0 aliphatic heterocycles. The summed E-state index contributed by atoms with van der Waals surface area (Å²) in [6.07, 6.45) is -0.876. The van der Waals surface area contributed by atoms with Crippen molar-refractivity contribution < 1.29 is 9.84 Å². The largest absolute Gasteiger partial charge is 0.491 e. The van der Waals surface area contributed by atoms with E-state index >= 15 is 0 Å². The molecule has 0 bridgehead atoms. The predicted octanol–water partition coefficient (Wildman–Crippen LogP) is 0.238. The summed E-state index contributed by atoms with van der Waals surface area (Å²) in [7, 11) is 5.09. The molecule has 0 saturated heterocycles. The molecule has 0 spiro atoms. The van der Waals surface area contributed by atoms with Crippen LogP contribution in [0.5, 0.6) is 5.75 Å². The van der Waals surface area contributed by atoms with E-state index in [0.29, 0.717) is 11.7 Å². The zero-order valence-corrected chi connectivity index (χ0v) is 15.8. The molecule has 2 N–H and O–H groups in total. The number of aliphatic hydroxyl groups is 1. The van der Waals surface area contributed by atoms with E-state index in [1.54, 1.807) is 23.6 Å². The molecule has 9 heteroatoms. The van der Waals surface area contributed by atoms with Crippen LogP contribution in [0.2, 0.25) is 0 Å². The number of hydrogen-bond acceptors (Lipinski definition) is 6. The highest BCUT2D eigenvalue weighted by Gasteiger charge is 2.20. The van der Waals surface area contributed by atoms with Crippen LogP contribution in [0.15, 0.2) is 33.9 Å². The van der Waals surface area contributed by atoms with Crippen molar-refractivity contribution in [1.29, 1.82) is 0 Å². The molecule has 0 unspecified atom stereocenters. The Hall–Kier alpha value is -3.07. The Labute approximate surface area is 155 Å². The normalized spacial score (nSPS) is 12.3. The van der Waals surface area contributed by atoms with Crippen molar-refractivity contribution in [3.8, 4) is 5.75 Å². The first kappa shape index (κ1) is 18.7. The summed E-state index contributed by atoms with van der Waals surface area (Å²) in [4.78, 5) is 32.5. The third-order valence-electron chi connectivity index (χ3n) is 4.24. The lowest BCUT2D eigenvalue weighted by Crippen LogP contribution is -2.31. The molecule has 0 aliphatic carbocycles. The highest BCUT2D eigenvalue weighted by Crippen LogP contribution is 2.18. The minimum absolute atomic E-state index is 0.0548. The Morgan fingerprint density at radius 1 is 1.26 bits per heavy atom. The summed E-state index contributed by atoms with van der Waals surface area (Å²) in [6, 6.07) is 7.52. The van der Waals surface area contributed by atoms with Crippen LogP contribution >= 0.6 is 0 Å². The van der Waals surface area contributed by atoms with Crippen LogP contribution in [-0.2, 0) is 13.6 Å². The topological polar surface area (TPSA) is 105 Å². The van der Waals surface area contributed by atoms with Crippen molar-refractivity contribution in [2.45, 2.75) is 19.6 Å². The fourth-order valence-electron chi connectivity index (χ4n) is 2.83. The summed E-state index contributed by atoms with van der Waals surface area (Å²) in [5.41, 5.74) is 0.536. The molecule has 0 fully saturated rings. The van der Waals surface area contributed by atoms with Crippen LogP contribution in [0.25, 0.3) is 11.2 Å². The van der Waals surface area contributed by atoms with E-state index < -0.39 is 17.4 Å². The number of aliphatic hydroxyl groups excluding tert-OH is 1. The van der Waals surface area contributed by atoms with Gasteiger partial charge in [0, 0.05) is 21.1 Å². The lowest BCUT2D eigenvalue weighted by Gasteiger charge is -2.18. The Morgan fingerprint density at radius 2 is 1.93 bits per heavy atom. The molecule has 9 nitrogen and oxygen atoms in total. The van der Waals surface area contributed by atoms with Crippen molar-refractivity contribution >= 4 is 17.1 Å². The third kappa shape index (κ3) is 3.72. The minimum Gasteiger partial charge on any atom is -0.491 e. The summed E-state index contributed by atoms with van der Waals surface area (Å²) < 4.78 is 8.49. The maximum atomic E-state index is 12.3. The highest BCUT2D eigenvalue weighted by atomic mass is 16.5. The number of ether oxygens (including phenoxy) is 1. The molecule has 144 valence electrons. The van der Waals surface area contributed by atoms with Crippen LogP contribution in [-0.4, -0.2) is 51.0 Å². The zero-order valence-electron chi connectivity index (χ0n) is 15.8. The Kier molecular flexibility index (Phi) is 5.04. The number of aryl methyl sites for hydroxylation is 2. The van der Waals surface area contributed by atoms with Gasteiger partial charge in [0.05, 0.1) is 6.54 Å².